The average Bonchev–Trinajstić information content (AvgIpc) is 2.57. The van der Waals surface area contributed by atoms with Gasteiger partial charge in [-0.25, -0.2) is 0 Å². The summed E-state index contributed by atoms with van der Waals surface area (Å²) in [4.78, 5) is 35.5. The fourth-order valence-electron chi connectivity index (χ4n) is 2.01. The Kier molecular flexibility index (Phi) is 4.18. The Morgan fingerprint density at radius 3 is 2.14 bits per heavy atom. The van der Waals surface area contributed by atoms with Crippen molar-refractivity contribution in [1.82, 2.24) is 0 Å². The Morgan fingerprint density at radius 2 is 1.64 bits per heavy atom. The number of fused-ring (bicyclic) bond motifs is 1. The maximum atomic E-state index is 12.2. The van der Waals surface area contributed by atoms with Crippen molar-refractivity contribution in [2.45, 2.75) is 33.8 Å². The summed E-state index contributed by atoms with van der Waals surface area (Å²) in [6.45, 7) is 5.60. The van der Waals surface area contributed by atoms with Crippen molar-refractivity contribution < 1.29 is 26.6 Å². The van der Waals surface area contributed by atoms with Crippen molar-refractivity contribution in [3.05, 3.63) is 33.4 Å². The molecule has 8 heteroatoms. The topological polar surface area (TPSA) is 88.1 Å². The summed E-state index contributed by atoms with van der Waals surface area (Å²) >= 11 is -5.68. The molecule has 2 rings (SSSR count). The first-order valence-electron chi connectivity index (χ1n) is 6.50. The Hall–Kier alpha value is -1.68. The summed E-state index contributed by atoms with van der Waals surface area (Å²) in [6, 6.07) is 6.27. The van der Waals surface area contributed by atoms with Gasteiger partial charge in [-0.3, -0.25) is 0 Å². The van der Waals surface area contributed by atoms with Gasteiger partial charge in [0, 0.05) is 0 Å². The summed E-state index contributed by atoms with van der Waals surface area (Å²) in [5, 5.41) is 0. The molecule has 0 fully saturated rings. The van der Waals surface area contributed by atoms with E-state index in [1.54, 1.807) is 26.0 Å². The van der Waals surface area contributed by atoms with Crippen molar-refractivity contribution in [3.63, 3.8) is 0 Å². The van der Waals surface area contributed by atoms with Gasteiger partial charge >= 0.3 is 130 Å². The van der Waals surface area contributed by atoms with E-state index in [1.165, 1.54) is 12.1 Å². The maximum absolute atomic E-state index is 12.2. The summed E-state index contributed by atoms with van der Waals surface area (Å²) in [5.74, 6) is -2.27. The molecule has 0 aliphatic carbocycles. The molecule has 1 aromatic carbocycles. The number of benzene rings is 1. The molecule has 0 spiro atoms. The van der Waals surface area contributed by atoms with Crippen molar-refractivity contribution in [2.24, 2.45) is 0 Å². The molecule has 7 nitrogen and oxygen atoms in total. The predicted molar refractivity (Wildman–Crippen MR) is 84.3 cm³/mol. The van der Waals surface area contributed by atoms with Crippen molar-refractivity contribution in [2.75, 3.05) is 0 Å². The van der Waals surface area contributed by atoms with Crippen LogP contribution in [0.3, 0.4) is 0 Å². The van der Waals surface area contributed by atoms with Gasteiger partial charge in [-0.15, -0.1) is 0 Å². The SMILES string of the molecule is CC(=O)OI1(OC(C)=O)(OC(C)C)OC(=O)c2ccccc21. The Morgan fingerprint density at radius 1 is 1.09 bits per heavy atom. The average molecular weight is 424 g/mol. The number of carbonyl (C=O) groups excluding carboxylic acids is 3. The summed E-state index contributed by atoms with van der Waals surface area (Å²) in [5.41, 5.74) is 0.166. The molecule has 0 amide bonds. The molecule has 0 saturated heterocycles. The van der Waals surface area contributed by atoms with E-state index in [0.717, 1.165) is 13.8 Å². The van der Waals surface area contributed by atoms with Crippen LogP contribution in [0.5, 0.6) is 0 Å². The van der Waals surface area contributed by atoms with Gasteiger partial charge in [0.2, 0.25) is 0 Å². The van der Waals surface area contributed by atoms with E-state index < -0.39 is 42.7 Å². The van der Waals surface area contributed by atoms with Gasteiger partial charge in [0.15, 0.2) is 0 Å². The number of carbonyl (C=O) groups is 3. The van der Waals surface area contributed by atoms with Crippen LogP contribution in [0.15, 0.2) is 24.3 Å². The first-order valence-corrected chi connectivity index (χ1v) is 11.1. The molecule has 122 valence electrons. The zero-order valence-electron chi connectivity index (χ0n) is 12.6. The van der Waals surface area contributed by atoms with E-state index in [2.05, 4.69) is 0 Å². The molecule has 1 aromatic rings. The van der Waals surface area contributed by atoms with E-state index in [0.29, 0.717) is 0 Å². The monoisotopic (exact) mass is 424 g/mol. The van der Waals surface area contributed by atoms with Crippen LogP contribution >= 0.6 is 18.7 Å². The second kappa shape index (κ2) is 5.51. The minimum atomic E-state index is -5.68. The molecule has 0 atom stereocenters. The molecule has 22 heavy (non-hydrogen) atoms. The third kappa shape index (κ3) is 2.68. The summed E-state index contributed by atoms with van der Waals surface area (Å²) in [7, 11) is 0. The quantitative estimate of drug-likeness (QED) is 0.687. The van der Waals surface area contributed by atoms with Gasteiger partial charge in [-0.1, -0.05) is 0 Å². The number of hydrogen-bond acceptors (Lipinski definition) is 7. The molecule has 0 saturated carbocycles. The standard InChI is InChI=1S/C14H17IO7/c1-9(2)19-15(20-10(3)16,21-11(4)17)13-8-6-5-7-12(13)14(18)22-15/h5-9H,1-4H3. The molecule has 0 bridgehead atoms. The second-order valence-corrected chi connectivity index (χ2v) is 11.7. The Bertz CT molecular complexity index is 628. The van der Waals surface area contributed by atoms with E-state index >= 15 is 0 Å². The molecule has 1 aliphatic rings. The first-order chi connectivity index (χ1) is 10.2. The molecule has 1 aliphatic heterocycles. The van der Waals surface area contributed by atoms with Crippen molar-refractivity contribution in [3.8, 4) is 0 Å². The number of hydrogen-bond donors (Lipinski definition) is 0. The fraction of sp³-hybridized carbons (Fsp3) is 0.357. The minimum absolute atomic E-state index is 0.166. The van der Waals surface area contributed by atoms with Crippen LogP contribution in [-0.4, -0.2) is 24.0 Å². The molecule has 1 heterocycles. The Balaban J connectivity index is 2.77. The number of rotatable bonds is 4. The van der Waals surface area contributed by atoms with Crippen molar-refractivity contribution >= 4 is 36.6 Å². The van der Waals surface area contributed by atoms with Crippen molar-refractivity contribution in [1.29, 1.82) is 0 Å². The molecular formula is C14H17IO7. The molecule has 0 aromatic heterocycles. The van der Waals surface area contributed by atoms with Crippen LogP contribution in [0, 0.1) is 3.57 Å². The first kappa shape index (κ1) is 16.7. The van der Waals surface area contributed by atoms with Gasteiger partial charge in [0.25, 0.3) is 0 Å². The van der Waals surface area contributed by atoms with E-state index in [4.69, 9.17) is 12.3 Å². The molecule has 0 unspecified atom stereocenters. The van der Waals surface area contributed by atoms with Crippen LogP contribution in [0.1, 0.15) is 38.1 Å². The van der Waals surface area contributed by atoms with E-state index in [9.17, 15) is 14.4 Å². The van der Waals surface area contributed by atoms with Crippen LogP contribution < -0.4 is 0 Å². The van der Waals surface area contributed by atoms with Gasteiger partial charge in [-0.2, -0.15) is 0 Å². The third-order valence-electron chi connectivity index (χ3n) is 2.44. The summed E-state index contributed by atoms with van der Waals surface area (Å²) < 4.78 is 22.0. The normalized spacial score (nSPS) is 19.5. The zero-order chi connectivity index (χ0) is 16.6. The van der Waals surface area contributed by atoms with Crippen LogP contribution in [0.4, 0.5) is 0 Å². The zero-order valence-corrected chi connectivity index (χ0v) is 14.8. The second-order valence-electron chi connectivity index (χ2n) is 4.81. The third-order valence-corrected chi connectivity index (χ3v) is 11.1. The predicted octanol–water partition coefficient (Wildman–Crippen LogP) is 2.82. The van der Waals surface area contributed by atoms with Gasteiger partial charge in [0.1, 0.15) is 0 Å². The Labute approximate surface area is 130 Å². The molecule has 0 N–H and O–H groups in total. The summed E-state index contributed by atoms with van der Waals surface area (Å²) in [6.07, 6.45) is -0.508. The van der Waals surface area contributed by atoms with Gasteiger partial charge in [-0.05, 0) is 0 Å². The fourth-order valence-corrected chi connectivity index (χ4v) is 10.5. The van der Waals surface area contributed by atoms with E-state index in [-0.39, 0.29) is 9.13 Å². The van der Waals surface area contributed by atoms with E-state index in [1.807, 2.05) is 0 Å². The number of halogens is 1. The van der Waals surface area contributed by atoms with Gasteiger partial charge in [0.05, 0.1) is 0 Å². The van der Waals surface area contributed by atoms with Gasteiger partial charge < -0.3 is 0 Å². The van der Waals surface area contributed by atoms with Crippen LogP contribution in [-0.2, 0) is 21.9 Å². The van der Waals surface area contributed by atoms with Crippen LogP contribution in [0.25, 0.3) is 0 Å². The van der Waals surface area contributed by atoms with Crippen LogP contribution in [0.2, 0.25) is 0 Å². The molecular weight excluding hydrogens is 407 g/mol. The molecule has 0 radical (unpaired) electrons.